The van der Waals surface area contributed by atoms with Gasteiger partial charge in [0, 0.05) is 11.6 Å². The predicted octanol–water partition coefficient (Wildman–Crippen LogP) is 3.91. The van der Waals surface area contributed by atoms with Gasteiger partial charge in [0.2, 0.25) is 0 Å². The third kappa shape index (κ3) is 3.01. The van der Waals surface area contributed by atoms with E-state index in [1.165, 1.54) is 4.90 Å². The summed E-state index contributed by atoms with van der Waals surface area (Å²) in [6.45, 7) is 0.964. The van der Waals surface area contributed by atoms with Crippen molar-refractivity contribution in [3.05, 3.63) is 58.6 Å². The van der Waals surface area contributed by atoms with E-state index in [4.69, 9.17) is 21.1 Å². The molecule has 0 spiro atoms. The summed E-state index contributed by atoms with van der Waals surface area (Å²) in [7, 11) is 0. The first kappa shape index (κ1) is 16.1. The average molecular weight is 358 g/mol. The van der Waals surface area contributed by atoms with E-state index in [9.17, 15) is 9.59 Å². The van der Waals surface area contributed by atoms with Crippen molar-refractivity contribution in [2.75, 3.05) is 13.2 Å². The highest BCUT2D eigenvalue weighted by Gasteiger charge is 2.39. The molecule has 0 N–H and O–H groups in total. The van der Waals surface area contributed by atoms with Gasteiger partial charge in [-0.3, -0.25) is 14.5 Å². The Labute approximate surface area is 150 Å². The van der Waals surface area contributed by atoms with Crippen LogP contribution in [0.15, 0.2) is 42.5 Å². The SMILES string of the molecule is O=C1c2cccc(Oc3ccc(Cl)cc3)c2C(=O)N1C[C@H]1CCCO1. The number of nitrogens with zero attached hydrogens (tertiary/aromatic N) is 1. The van der Waals surface area contributed by atoms with E-state index in [1.54, 1.807) is 42.5 Å². The fourth-order valence-electron chi connectivity index (χ4n) is 3.17. The summed E-state index contributed by atoms with van der Waals surface area (Å²) in [6, 6.07) is 11.9. The Morgan fingerprint density at radius 2 is 1.92 bits per heavy atom. The molecule has 6 heteroatoms. The normalized spacial score (nSPS) is 19.4. The van der Waals surface area contributed by atoms with E-state index >= 15 is 0 Å². The number of rotatable bonds is 4. The Morgan fingerprint density at radius 1 is 1.12 bits per heavy atom. The molecule has 2 heterocycles. The van der Waals surface area contributed by atoms with Crippen LogP contribution in [0.3, 0.4) is 0 Å². The van der Waals surface area contributed by atoms with Crippen LogP contribution in [0, 0.1) is 0 Å². The summed E-state index contributed by atoms with van der Waals surface area (Å²) in [5.74, 6) is 0.292. The lowest BCUT2D eigenvalue weighted by molar-refractivity contribution is 0.0475. The van der Waals surface area contributed by atoms with Crippen LogP contribution < -0.4 is 4.74 Å². The summed E-state index contributed by atoms with van der Waals surface area (Å²) < 4.78 is 11.4. The first-order valence-corrected chi connectivity index (χ1v) is 8.55. The Kier molecular flexibility index (Phi) is 4.19. The summed E-state index contributed by atoms with van der Waals surface area (Å²) in [5, 5.41) is 0.597. The number of amides is 2. The van der Waals surface area contributed by atoms with E-state index in [0.717, 1.165) is 12.8 Å². The molecule has 2 amide bonds. The minimum absolute atomic E-state index is 0.0807. The fraction of sp³-hybridized carbons (Fsp3) is 0.263. The minimum Gasteiger partial charge on any atom is -0.457 e. The Balaban J connectivity index is 1.62. The largest absolute Gasteiger partial charge is 0.457 e. The quantitative estimate of drug-likeness (QED) is 0.778. The lowest BCUT2D eigenvalue weighted by atomic mass is 10.1. The molecule has 1 atom stereocenters. The molecule has 2 aromatic carbocycles. The number of hydrogen-bond acceptors (Lipinski definition) is 4. The van der Waals surface area contributed by atoms with Gasteiger partial charge >= 0.3 is 0 Å². The van der Waals surface area contributed by atoms with E-state index in [1.807, 2.05) is 0 Å². The molecule has 0 aromatic heterocycles. The van der Waals surface area contributed by atoms with Crippen LogP contribution in [0.1, 0.15) is 33.6 Å². The number of imide groups is 1. The molecule has 0 aliphatic carbocycles. The van der Waals surface area contributed by atoms with Crippen LogP contribution >= 0.6 is 11.6 Å². The number of fused-ring (bicyclic) bond motifs is 1. The van der Waals surface area contributed by atoms with E-state index in [2.05, 4.69) is 0 Å². The van der Waals surface area contributed by atoms with Crippen molar-refractivity contribution in [2.45, 2.75) is 18.9 Å². The van der Waals surface area contributed by atoms with Gasteiger partial charge < -0.3 is 9.47 Å². The van der Waals surface area contributed by atoms with Crippen LogP contribution in [-0.4, -0.2) is 36.0 Å². The monoisotopic (exact) mass is 357 g/mol. The van der Waals surface area contributed by atoms with Crippen molar-refractivity contribution in [3.8, 4) is 11.5 Å². The fourth-order valence-corrected chi connectivity index (χ4v) is 3.30. The summed E-state index contributed by atoms with van der Waals surface area (Å²) in [4.78, 5) is 26.7. The van der Waals surface area contributed by atoms with Crippen LogP contribution in [0.4, 0.5) is 0 Å². The standard InChI is InChI=1S/C19H16ClNO4/c20-12-6-8-13(9-7-12)25-16-5-1-4-15-17(16)19(23)21(18(15)22)11-14-3-2-10-24-14/h1,4-9,14H,2-3,10-11H2/t14-/m1/s1. The second kappa shape index (κ2) is 6.50. The van der Waals surface area contributed by atoms with Crippen molar-refractivity contribution in [1.82, 2.24) is 4.90 Å². The number of halogens is 1. The Bertz CT molecular complexity index is 828. The van der Waals surface area contributed by atoms with Gasteiger partial charge in [-0.15, -0.1) is 0 Å². The number of benzene rings is 2. The third-order valence-electron chi connectivity index (χ3n) is 4.41. The van der Waals surface area contributed by atoms with Crippen molar-refractivity contribution in [3.63, 3.8) is 0 Å². The van der Waals surface area contributed by atoms with Crippen LogP contribution in [0.25, 0.3) is 0 Å². The number of carbonyl (C=O) groups excluding carboxylic acids is 2. The van der Waals surface area contributed by atoms with E-state index in [0.29, 0.717) is 34.3 Å². The van der Waals surface area contributed by atoms with Crippen LogP contribution in [0.2, 0.25) is 5.02 Å². The van der Waals surface area contributed by atoms with Gasteiger partial charge in [0.05, 0.1) is 23.8 Å². The second-order valence-corrected chi connectivity index (χ2v) is 6.53. The molecule has 0 bridgehead atoms. The van der Waals surface area contributed by atoms with Crippen molar-refractivity contribution < 1.29 is 19.1 Å². The van der Waals surface area contributed by atoms with Gasteiger partial charge in [-0.1, -0.05) is 17.7 Å². The number of ether oxygens (including phenoxy) is 2. The van der Waals surface area contributed by atoms with Crippen LogP contribution in [-0.2, 0) is 4.74 Å². The van der Waals surface area contributed by atoms with Crippen molar-refractivity contribution in [2.24, 2.45) is 0 Å². The lowest BCUT2D eigenvalue weighted by Crippen LogP contribution is -2.36. The van der Waals surface area contributed by atoms with E-state index in [-0.39, 0.29) is 24.5 Å². The third-order valence-corrected chi connectivity index (χ3v) is 4.66. The van der Waals surface area contributed by atoms with Gasteiger partial charge in [0.15, 0.2) is 0 Å². The van der Waals surface area contributed by atoms with Crippen molar-refractivity contribution >= 4 is 23.4 Å². The summed E-state index contributed by atoms with van der Waals surface area (Å²) >= 11 is 5.88. The highest BCUT2D eigenvalue weighted by Crippen LogP contribution is 2.34. The predicted molar refractivity (Wildman–Crippen MR) is 92.3 cm³/mol. The smallest absolute Gasteiger partial charge is 0.265 e. The minimum atomic E-state index is -0.333. The molecule has 4 rings (SSSR count). The molecule has 0 saturated carbocycles. The molecule has 1 fully saturated rings. The number of hydrogen-bond donors (Lipinski definition) is 0. The maximum absolute atomic E-state index is 12.8. The van der Waals surface area contributed by atoms with Gasteiger partial charge in [0.1, 0.15) is 11.5 Å². The van der Waals surface area contributed by atoms with Gasteiger partial charge in [-0.25, -0.2) is 0 Å². The second-order valence-electron chi connectivity index (χ2n) is 6.09. The molecule has 0 radical (unpaired) electrons. The zero-order chi connectivity index (χ0) is 17.4. The molecular weight excluding hydrogens is 342 g/mol. The summed E-state index contributed by atoms with van der Waals surface area (Å²) in [6.07, 6.45) is 1.74. The maximum atomic E-state index is 12.8. The highest BCUT2D eigenvalue weighted by atomic mass is 35.5. The van der Waals surface area contributed by atoms with Gasteiger partial charge in [-0.2, -0.15) is 0 Å². The Morgan fingerprint density at radius 3 is 2.64 bits per heavy atom. The van der Waals surface area contributed by atoms with Gasteiger partial charge in [-0.05, 0) is 49.2 Å². The number of carbonyl (C=O) groups is 2. The first-order chi connectivity index (χ1) is 12.1. The zero-order valence-corrected chi connectivity index (χ0v) is 14.2. The molecule has 5 nitrogen and oxygen atoms in total. The first-order valence-electron chi connectivity index (χ1n) is 8.18. The van der Waals surface area contributed by atoms with Crippen molar-refractivity contribution in [1.29, 1.82) is 0 Å². The molecule has 2 aliphatic heterocycles. The highest BCUT2D eigenvalue weighted by molar-refractivity contribution is 6.30. The van der Waals surface area contributed by atoms with E-state index < -0.39 is 0 Å². The molecule has 1 saturated heterocycles. The topological polar surface area (TPSA) is 55.8 Å². The maximum Gasteiger partial charge on any atom is 0.265 e. The molecule has 0 unspecified atom stereocenters. The lowest BCUT2D eigenvalue weighted by Gasteiger charge is -2.18. The molecular formula is C19H16ClNO4. The van der Waals surface area contributed by atoms with Gasteiger partial charge in [0.25, 0.3) is 11.8 Å². The molecule has 128 valence electrons. The summed E-state index contributed by atoms with van der Waals surface area (Å²) in [5.41, 5.74) is 0.676. The molecule has 25 heavy (non-hydrogen) atoms. The van der Waals surface area contributed by atoms with Crippen LogP contribution in [0.5, 0.6) is 11.5 Å². The molecule has 2 aliphatic rings. The Hall–Kier alpha value is -2.37. The molecule has 2 aromatic rings. The zero-order valence-electron chi connectivity index (χ0n) is 13.4. The average Bonchev–Trinajstić information content (AvgIpc) is 3.21.